The van der Waals surface area contributed by atoms with Crippen molar-refractivity contribution in [1.29, 1.82) is 0 Å². The number of carbonyl (C=O) groups excluding carboxylic acids is 1. The minimum atomic E-state index is -0.290. The number of benzene rings is 3. The Balaban J connectivity index is 1.34. The molecule has 0 bridgehead atoms. The number of fused-ring (bicyclic) bond motifs is 2. The van der Waals surface area contributed by atoms with E-state index in [9.17, 15) is 9.18 Å². The quantitative estimate of drug-likeness (QED) is 0.236. The summed E-state index contributed by atoms with van der Waals surface area (Å²) in [4.78, 5) is 27.9. The van der Waals surface area contributed by atoms with E-state index in [0.29, 0.717) is 25.2 Å². The Labute approximate surface area is 239 Å². The molecule has 1 aliphatic heterocycles. The average molecular weight is 551 g/mol. The van der Waals surface area contributed by atoms with Gasteiger partial charge in [-0.25, -0.2) is 19.0 Å². The van der Waals surface area contributed by atoms with Crippen molar-refractivity contribution in [1.82, 2.24) is 24.6 Å². The Morgan fingerprint density at radius 3 is 2.51 bits per heavy atom. The number of hydrogen-bond donors (Lipinski definition) is 0. The normalized spacial score (nSPS) is 14.9. The highest BCUT2D eigenvalue weighted by atomic mass is 19.1. The summed E-state index contributed by atoms with van der Waals surface area (Å²) in [7, 11) is 0. The molecule has 1 aliphatic rings. The lowest BCUT2D eigenvalue weighted by atomic mass is 10.1. The topological polar surface area (TPSA) is 67.2 Å². The van der Waals surface area contributed by atoms with Crippen molar-refractivity contribution in [3.8, 4) is 5.69 Å². The second-order valence-electron chi connectivity index (χ2n) is 11.0. The fourth-order valence-electron chi connectivity index (χ4n) is 5.79. The maximum absolute atomic E-state index is 13.7. The summed E-state index contributed by atoms with van der Waals surface area (Å²) in [5.74, 6) is 1.59. The summed E-state index contributed by atoms with van der Waals surface area (Å²) < 4.78 is 15.5. The zero-order valence-corrected chi connectivity index (χ0v) is 23.8. The van der Waals surface area contributed by atoms with Gasteiger partial charge in [0.1, 0.15) is 17.5 Å². The molecule has 0 radical (unpaired) electrons. The third-order valence-corrected chi connectivity index (χ3v) is 8.01. The Morgan fingerprint density at radius 1 is 0.951 bits per heavy atom. The van der Waals surface area contributed by atoms with Crippen LogP contribution in [0.2, 0.25) is 0 Å². The Morgan fingerprint density at radius 2 is 1.73 bits per heavy atom. The highest BCUT2D eigenvalue weighted by molar-refractivity contribution is 5.98. The van der Waals surface area contributed by atoms with Crippen LogP contribution in [0.3, 0.4) is 0 Å². The van der Waals surface area contributed by atoms with Crippen LogP contribution >= 0.6 is 0 Å². The van der Waals surface area contributed by atoms with Crippen LogP contribution in [0.1, 0.15) is 60.9 Å². The van der Waals surface area contributed by atoms with Gasteiger partial charge in [-0.1, -0.05) is 50.6 Å². The van der Waals surface area contributed by atoms with E-state index in [0.717, 1.165) is 70.6 Å². The monoisotopic (exact) mass is 550 g/mol. The third kappa shape index (κ3) is 5.26. The molecular weight excluding hydrogens is 515 g/mol. The predicted octanol–water partition coefficient (Wildman–Crippen LogP) is 6.67. The molecule has 2 aromatic heterocycles. The fourth-order valence-corrected chi connectivity index (χ4v) is 5.79. The number of anilines is 1. The third-order valence-electron chi connectivity index (χ3n) is 8.01. The summed E-state index contributed by atoms with van der Waals surface area (Å²) in [5.41, 5.74) is 3.02. The van der Waals surface area contributed by atoms with Crippen molar-refractivity contribution in [3.05, 3.63) is 89.6 Å². The van der Waals surface area contributed by atoms with Crippen molar-refractivity contribution in [2.45, 2.75) is 46.0 Å². The van der Waals surface area contributed by atoms with Crippen molar-refractivity contribution in [3.63, 3.8) is 0 Å². The molecule has 1 atom stereocenters. The van der Waals surface area contributed by atoms with Gasteiger partial charge in [-0.15, -0.1) is 0 Å². The van der Waals surface area contributed by atoms with Gasteiger partial charge < -0.3 is 9.80 Å². The molecular formula is C33H35FN6O. The number of halogens is 1. The number of hydrogen-bond acceptors (Lipinski definition) is 5. The first-order valence-corrected chi connectivity index (χ1v) is 14.5. The van der Waals surface area contributed by atoms with E-state index in [-0.39, 0.29) is 17.6 Å². The van der Waals surface area contributed by atoms with Gasteiger partial charge in [-0.05, 0) is 66.9 Å². The minimum Gasteiger partial charge on any atom is -0.354 e. The molecule has 3 heterocycles. The Kier molecular flexibility index (Phi) is 7.39. The van der Waals surface area contributed by atoms with Crippen molar-refractivity contribution in [2.24, 2.45) is 0 Å². The van der Waals surface area contributed by atoms with E-state index >= 15 is 0 Å². The highest BCUT2D eigenvalue weighted by Crippen LogP contribution is 2.32. The SMILES string of the molecule is CCCC(C)c1nc(N2CCCN(C(=O)c3ccc4ccccc4c3)CC2)c2c(C)nn(-c3ccc(F)cc3)c2n1. The van der Waals surface area contributed by atoms with Gasteiger partial charge in [-0.2, -0.15) is 5.10 Å². The largest absolute Gasteiger partial charge is 0.354 e. The summed E-state index contributed by atoms with van der Waals surface area (Å²) >= 11 is 0. The maximum atomic E-state index is 13.7. The molecule has 6 rings (SSSR count). The van der Waals surface area contributed by atoms with Crippen LogP contribution < -0.4 is 4.90 Å². The Hall–Kier alpha value is -4.33. The predicted molar refractivity (Wildman–Crippen MR) is 161 cm³/mol. The molecule has 210 valence electrons. The van der Waals surface area contributed by atoms with Gasteiger partial charge in [0, 0.05) is 37.7 Å². The molecule has 8 heteroatoms. The van der Waals surface area contributed by atoms with E-state index in [1.54, 1.807) is 16.8 Å². The smallest absolute Gasteiger partial charge is 0.253 e. The number of aryl methyl sites for hydroxylation is 1. The lowest BCUT2D eigenvalue weighted by Crippen LogP contribution is -2.35. The summed E-state index contributed by atoms with van der Waals surface area (Å²) in [6.07, 6.45) is 2.84. The van der Waals surface area contributed by atoms with Gasteiger partial charge in [0.15, 0.2) is 5.65 Å². The minimum absolute atomic E-state index is 0.0583. The number of rotatable bonds is 6. The molecule has 0 spiro atoms. The number of nitrogens with zero attached hydrogens (tertiary/aromatic N) is 6. The summed E-state index contributed by atoms with van der Waals surface area (Å²) in [5, 5.41) is 7.92. The molecule has 1 amide bonds. The lowest BCUT2D eigenvalue weighted by molar-refractivity contribution is 0.0767. The molecule has 0 saturated carbocycles. The number of amides is 1. The lowest BCUT2D eigenvalue weighted by Gasteiger charge is -2.24. The van der Waals surface area contributed by atoms with Gasteiger partial charge >= 0.3 is 0 Å². The average Bonchev–Trinajstić information content (AvgIpc) is 3.15. The molecule has 1 saturated heterocycles. The number of aromatic nitrogens is 4. The molecule has 3 aromatic carbocycles. The first-order valence-electron chi connectivity index (χ1n) is 14.5. The second kappa shape index (κ2) is 11.3. The Bertz CT molecular complexity index is 1710. The molecule has 1 unspecified atom stereocenters. The molecule has 41 heavy (non-hydrogen) atoms. The van der Waals surface area contributed by atoms with Gasteiger partial charge in [-0.3, -0.25) is 4.79 Å². The van der Waals surface area contributed by atoms with Crippen molar-refractivity contribution in [2.75, 3.05) is 31.1 Å². The van der Waals surface area contributed by atoms with Crippen LogP contribution in [0, 0.1) is 12.7 Å². The fraction of sp³-hybridized carbons (Fsp3) is 0.333. The van der Waals surface area contributed by atoms with Crippen LogP contribution in [0.4, 0.5) is 10.2 Å². The molecule has 5 aromatic rings. The van der Waals surface area contributed by atoms with E-state index in [1.807, 2.05) is 48.2 Å². The van der Waals surface area contributed by atoms with Crippen LogP contribution in [0.5, 0.6) is 0 Å². The van der Waals surface area contributed by atoms with E-state index in [1.165, 1.54) is 12.1 Å². The van der Waals surface area contributed by atoms with Gasteiger partial charge in [0.05, 0.1) is 16.8 Å². The van der Waals surface area contributed by atoms with Crippen molar-refractivity contribution < 1.29 is 9.18 Å². The van der Waals surface area contributed by atoms with E-state index in [4.69, 9.17) is 15.1 Å². The first-order chi connectivity index (χ1) is 19.9. The highest BCUT2D eigenvalue weighted by Gasteiger charge is 2.26. The summed E-state index contributed by atoms with van der Waals surface area (Å²) in [6.45, 7) is 9.01. The van der Waals surface area contributed by atoms with Gasteiger partial charge in [0.25, 0.3) is 5.91 Å². The maximum Gasteiger partial charge on any atom is 0.253 e. The van der Waals surface area contributed by atoms with E-state index < -0.39 is 0 Å². The second-order valence-corrected chi connectivity index (χ2v) is 11.0. The molecule has 0 aliphatic carbocycles. The zero-order chi connectivity index (χ0) is 28.5. The number of carbonyl (C=O) groups is 1. The first kappa shape index (κ1) is 26.9. The van der Waals surface area contributed by atoms with E-state index in [2.05, 4.69) is 24.8 Å². The molecule has 1 fully saturated rings. The van der Waals surface area contributed by atoms with Crippen LogP contribution in [0.15, 0.2) is 66.7 Å². The van der Waals surface area contributed by atoms with Gasteiger partial charge in [0.2, 0.25) is 0 Å². The standard InChI is InChI=1S/C33H35FN6O/c1-4-8-22(2)30-35-31(29-23(3)37-40(32(29)36-30)28-15-13-27(34)14-16-28)38-17-7-18-39(20-19-38)33(41)26-12-11-24-9-5-6-10-25(24)21-26/h5-6,9-16,21-22H,4,7-8,17-20H2,1-3H3. The molecule has 0 N–H and O–H groups in total. The zero-order valence-electron chi connectivity index (χ0n) is 23.8. The van der Waals surface area contributed by atoms with Crippen LogP contribution in [0.25, 0.3) is 27.5 Å². The van der Waals surface area contributed by atoms with Crippen molar-refractivity contribution >= 4 is 33.5 Å². The summed E-state index contributed by atoms with van der Waals surface area (Å²) in [6, 6.07) is 20.4. The van der Waals surface area contributed by atoms with Crippen LogP contribution in [-0.2, 0) is 0 Å². The molecule has 7 nitrogen and oxygen atoms in total. The van der Waals surface area contributed by atoms with Crippen LogP contribution in [-0.4, -0.2) is 56.7 Å².